The van der Waals surface area contributed by atoms with Gasteiger partial charge in [-0.05, 0) is 24.3 Å². The minimum Gasteiger partial charge on any atom is -0.269 e. The molecule has 116 valence electrons. The fourth-order valence-corrected chi connectivity index (χ4v) is 2.90. The molecule has 2 rings (SSSR count). The van der Waals surface area contributed by atoms with Crippen LogP contribution in [0.4, 0.5) is 20.2 Å². The van der Waals surface area contributed by atoms with Gasteiger partial charge in [-0.3, -0.25) is 14.4 Å². The van der Waals surface area contributed by atoms with Gasteiger partial charge in [0.05, 0.1) is 15.5 Å². The average Bonchev–Trinajstić information content (AvgIpc) is 2.49. The molecule has 6 nitrogen and oxygen atoms in total. The second-order valence-electron chi connectivity index (χ2n) is 4.32. The first-order valence-corrected chi connectivity index (χ1v) is 7.36. The molecule has 22 heavy (non-hydrogen) atoms. The molecule has 0 aliphatic carbocycles. The number of nitro benzene ring substituents is 1. The molecule has 0 atom stereocenters. The van der Waals surface area contributed by atoms with Crippen LogP contribution in [0.25, 0.3) is 0 Å². The van der Waals surface area contributed by atoms with E-state index >= 15 is 0 Å². The van der Waals surface area contributed by atoms with Crippen LogP contribution < -0.4 is 4.31 Å². The number of non-ortho nitro benzene ring substituents is 1. The molecule has 0 N–H and O–H groups in total. The molecule has 0 aliphatic heterocycles. The van der Waals surface area contributed by atoms with E-state index in [1.807, 2.05) is 0 Å². The number of hydrogen-bond acceptors (Lipinski definition) is 4. The molecular weight excluding hydrogens is 318 g/mol. The van der Waals surface area contributed by atoms with E-state index in [4.69, 9.17) is 0 Å². The van der Waals surface area contributed by atoms with Crippen molar-refractivity contribution in [1.29, 1.82) is 0 Å². The molecule has 0 spiro atoms. The predicted octanol–water partition coefficient (Wildman–Crippen LogP) is 2.70. The molecular formula is C13H10F2N2O4S. The molecule has 0 fully saturated rings. The van der Waals surface area contributed by atoms with Crippen molar-refractivity contribution in [2.45, 2.75) is 4.90 Å². The van der Waals surface area contributed by atoms with E-state index in [9.17, 15) is 27.3 Å². The zero-order valence-corrected chi connectivity index (χ0v) is 12.0. The third-order valence-electron chi connectivity index (χ3n) is 2.97. The summed E-state index contributed by atoms with van der Waals surface area (Å²) in [6.45, 7) is 0. The Morgan fingerprint density at radius 2 is 1.64 bits per heavy atom. The molecule has 0 radical (unpaired) electrons. The quantitative estimate of drug-likeness (QED) is 0.638. The third-order valence-corrected chi connectivity index (χ3v) is 4.77. The van der Waals surface area contributed by atoms with Crippen molar-refractivity contribution in [2.24, 2.45) is 0 Å². The van der Waals surface area contributed by atoms with Crippen molar-refractivity contribution in [3.8, 4) is 0 Å². The van der Waals surface area contributed by atoms with E-state index in [0.717, 1.165) is 46.8 Å². The van der Waals surface area contributed by atoms with Gasteiger partial charge < -0.3 is 0 Å². The van der Waals surface area contributed by atoms with Gasteiger partial charge in [-0.15, -0.1) is 0 Å². The van der Waals surface area contributed by atoms with E-state index in [0.29, 0.717) is 0 Å². The monoisotopic (exact) mass is 328 g/mol. The summed E-state index contributed by atoms with van der Waals surface area (Å²) in [5.41, 5.74) is -0.327. The molecule has 2 aromatic rings. The molecule has 0 amide bonds. The van der Waals surface area contributed by atoms with E-state index in [1.165, 1.54) is 7.05 Å². The Hall–Kier alpha value is -2.55. The summed E-state index contributed by atoms with van der Waals surface area (Å²) < 4.78 is 51.6. The Bertz CT molecular complexity index is 822. The number of rotatable bonds is 4. The fourth-order valence-electron chi connectivity index (χ4n) is 1.72. The normalized spacial score (nSPS) is 11.2. The zero-order chi connectivity index (χ0) is 16.5. The van der Waals surface area contributed by atoms with Crippen LogP contribution in [-0.2, 0) is 10.0 Å². The van der Waals surface area contributed by atoms with E-state index < -0.39 is 26.6 Å². The van der Waals surface area contributed by atoms with Gasteiger partial charge in [0.25, 0.3) is 15.7 Å². The highest BCUT2D eigenvalue weighted by Crippen LogP contribution is 2.24. The molecule has 2 aromatic carbocycles. The maximum Gasteiger partial charge on any atom is 0.269 e. The largest absolute Gasteiger partial charge is 0.269 e. The van der Waals surface area contributed by atoms with Crippen molar-refractivity contribution < 1.29 is 22.1 Å². The molecule has 0 aliphatic rings. The number of nitrogens with zero attached hydrogens (tertiary/aromatic N) is 2. The standard InChI is InChI=1S/C13H10F2N2O4S/c1-16(10-4-7-12(14)13(15)8-10)22(20,21)11-5-2-9(3-6-11)17(18)19/h2-8H,1H3. The van der Waals surface area contributed by atoms with Gasteiger partial charge in [0.2, 0.25) is 0 Å². The second kappa shape index (κ2) is 5.68. The van der Waals surface area contributed by atoms with Gasteiger partial charge in [-0.1, -0.05) is 0 Å². The molecule has 9 heteroatoms. The van der Waals surface area contributed by atoms with Crippen LogP contribution >= 0.6 is 0 Å². The van der Waals surface area contributed by atoms with Crippen molar-refractivity contribution in [1.82, 2.24) is 0 Å². The van der Waals surface area contributed by atoms with Crippen molar-refractivity contribution >= 4 is 21.4 Å². The number of hydrogen-bond donors (Lipinski definition) is 0. The minimum absolute atomic E-state index is 0.0720. The Morgan fingerprint density at radius 1 is 1.05 bits per heavy atom. The van der Waals surface area contributed by atoms with Crippen molar-refractivity contribution in [3.05, 3.63) is 64.2 Å². The fraction of sp³-hybridized carbons (Fsp3) is 0.0769. The number of anilines is 1. The Morgan fingerprint density at radius 3 is 2.14 bits per heavy atom. The first-order valence-electron chi connectivity index (χ1n) is 5.92. The maximum atomic E-state index is 13.2. The van der Waals surface area contributed by atoms with Crippen LogP contribution in [0.1, 0.15) is 0 Å². The summed E-state index contributed by atoms with van der Waals surface area (Å²) in [5.74, 6) is -2.27. The van der Waals surface area contributed by atoms with Crippen LogP contribution in [0.2, 0.25) is 0 Å². The minimum atomic E-state index is -4.04. The van der Waals surface area contributed by atoms with Crippen LogP contribution in [0.5, 0.6) is 0 Å². The molecule has 0 heterocycles. The second-order valence-corrected chi connectivity index (χ2v) is 6.29. The van der Waals surface area contributed by atoms with E-state index in [2.05, 4.69) is 0 Å². The van der Waals surface area contributed by atoms with Gasteiger partial charge >= 0.3 is 0 Å². The molecule has 0 saturated carbocycles. The van der Waals surface area contributed by atoms with Crippen LogP contribution in [0.15, 0.2) is 47.4 Å². The first-order chi connectivity index (χ1) is 10.2. The van der Waals surface area contributed by atoms with Gasteiger partial charge in [0.15, 0.2) is 11.6 Å². The predicted molar refractivity (Wildman–Crippen MR) is 75.0 cm³/mol. The first kappa shape index (κ1) is 15.8. The summed E-state index contributed by atoms with van der Waals surface area (Å²) in [6.07, 6.45) is 0. The lowest BCUT2D eigenvalue weighted by Crippen LogP contribution is -2.26. The molecule has 0 saturated heterocycles. The highest BCUT2D eigenvalue weighted by molar-refractivity contribution is 7.92. The third kappa shape index (κ3) is 2.89. The lowest BCUT2D eigenvalue weighted by atomic mass is 10.3. The summed E-state index contributed by atoms with van der Waals surface area (Å²) >= 11 is 0. The maximum absolute atomic E-state index is 13.2. The summed E-state index contributed by atoms with van der Waals surface area (Å²) in [7, 11) is -2.87. The number of benzene rings is 2. The van der Waals surface area contributed by atoms with Gasteiger partial charge in [0, 0.05) is 25.2 Å². The Labute approximate surface area is 124 Å². The summed E-state index contributed by atoms with van der Waals surface area (Å²) in [6, 6.07) is 6.91. The van der Waals surface area contributed by atoms with Gasteiger partial charge in [-0.2, -0.15) is 0 Å². The van der Waals surface area contributed by atoms with Crippen molar-refractivity contribution in [2.75, 3.05) is 11.4 Å². The lowest BCUT2D eigenvalue weighted by molar-refractivity contribution is -0.384. The molecule has 0 bridgehead atoms. The van der Waals surface area contributed by atoms with Crippen LogP contribution in [-0.4, -0.2) is 20.4 Å². The molecule has 0 aromatic heterocycles. The van der Waals surface area contributed by atoms with E-state index in [-0.39, 0.29) is 16.3 Å². The smallest absolute Gasteiger partial charge is 0.269 e. The Balaban J connectivity index is 2.40. The number of nitro groups is 1. The van der Waals surface area contributed by atoms with Gasteiger partial charge in [0.1, 0.15) is 0 Å². The highest BCUT2D eigenvalue weighted by Gasteiger charge is 2.23. The van der Waals surface area contributed by atoms with Gasteiger partial charge in [-0.25, -0.2) is 17.2 Å². The summed E-state index contributed by atoms with van der Waals surface area (Å²) in [5, 5.41) is 10.6. The topological polar surface area (TPSA) is 80.5 Å². The molecule has 0 unspecified atom stereocenters. The number of sulfonamides is 1. The van der Waals surface area contributed by atoms with Crippen LogP contribution in [0, 0.1) is 21.7 Å². The lowest BCUT2D eigenvalue weighted by Gasteiger charge is -2.19. The van der Waals surface area contributed by atoms with Crippen LogP contribution in [0.3, 0.4) is 0 Å². The van der Waals surface area contributed by atoms with Crippen molar-refractivity contribution in [3.63, 3.8) is 0 Å². The highest BCUT2D eigenvalue weighted by atomic mass is 32.2. The SMILES string of the molecule is CN(c1ccc(F)c(F)c1)S(=O)(=O)c1ccc([N+](=O)[O-])cc1. The number of halogens is 2. The summed E-state index contributed by atoms with van der Waals surface area (Å²) in [4.78, 5) is 9.69. The average molecular weight is 328 g/mol. The zero-order valence-electron chi connectivity index (χ0n) is 11.2. The Kier molecular flexibility index (Phi) is 4.09. The van der Waals surface area contributed by atoms with E-state index in [1.54, 1.807) is 0 Å².